The molecular weight excluding hydrogens is 398 g/mol. The molecule has 3 saturated heterocycles. The number of benzene rings is 1. The second-order valence-electron chi connectivity index (χ2n) is 9.01. The summed E-state index contributed by atoms with van der Waals surface area (Å²) in [6.45, 7) is 5.45. The van der Waals surface area contributed by atoms with E-state index in [9.17, 15) is 14.4 Å². The number of imidazole rings is 1. The lowest BCUT2D eigenvalue weighted by Crippen LogP contribution is -2.50. The van der Waals surface area contributed by atoms with Gasteiger partial charge in [-0.3, -0.25) is 24.0 Å². The van der Waals surface area contributed by atoms with Crippen molar-refractivity contribution in [2.24, 2.45) is 13.0 Å². The second kappa shape index (κ2) is 8.12. The van der Waals surface area contributed by atoms with E-state index in [0.29, 0.717) is 16.8 Å². The number of amides is 2. The summed E-state index contributed by atoms with van der Waals surface area (Å²) in [7, 11) is 1.72. The van der Waals surface area contributed by atoms with E-state index in [2.05, 4.69) is 15.5 Å². The second-order valence-corrected chi connectivity index (χ2v) is 9.01. The summed E-state index contributed by atoms with van der Waals surface area (Å²) in [5.41, 5.74) is 1.18. The first-order valence-corrected chi connectivity index (χ1v) is 11.1. The van der Waals surface area contributed by atoms with Crippen LogP contribution in [0.25, 0.3) is 11.0 Å². The van der Waals surface area contributed by atoms with E-state index in [4.69, 9.17) is 4.74 Å². The van der Waals surface area contributed by atoms with E-state index in [1.807, 2.05) is 18.2 Å². The number of likely N-dealkylation sites (tertiary alicyclic amines) is 1. The Balaban J connectivity index is 1.36. The van der Waals surface area contributed by atoms with Crippen molar-refractivity contribution >= 4 is 22.8 Å². The van der Waals surface area contributed by atoms with Gasteiger partial charge >= 0.3 is 5.69 Å². The first-order valence-electron chi connectivity index (χ1n) is 11.1. The van der Waals surface area contributed by atoms with Gasteiger partial charge in [-0.25, -0.2) is 4.79 Å². The molecule has 166 valence electrons. The van der Waals surface area contributed by atoms with E-state index in [1.54, 1.807) is 16.2 Å². The number of ether oxygens (including phenoxy) is 1. The molecule has 9 heteroatoms. The summed E-state index contributed by atoms with van der Waals surface area (Å²) in [6.07, 6.45) is 2.27. The molecule has 2 N–H and O–H groups in total. The maximum Gasteiger partial charge on any atom is 0.329 e. The SMILES string of the molecule is Cn1c(=O)n(C2CC(=O)NC(=O)C2)c2cccc(OC3CCN(CC4CNC4)CC3)c21. The summed E-state index contributed by atoms with van der Waals surface area (Å²) < 4.78 is 9.53. The predicted octanol–water partition coefficient (Wildman–Crippen LogP) is 0.380. The number of hydrogen-bond acceptors (Lipinski definition) is 6. The fourth-order valence-corrected chi connectivity index (χ4v) is 5.02. The molecule has 9 nitrogen and oxygen atoms in total. The van der Waals surface area contributed by atoms with E-state index in [1.165, 1.54) is 0 Å². The molecule has 0 bridgehead atoms. The number of rotatable bonds is 5. The van der Waals surface area contributed by atoms with Gasteiger partial charge in [-0.05, 0) is 30.9 Å². The van der Waals surface area contributed by atoms with Crippen molar-refractivity contribution in [1.29, 1.82) is 0 Å². The highest BCUT2D eigenvalue weighted by Gasteiger charge is 2.31. The topological polar surface area (TPSA) is 97.6 Å². The van der Waals surface area contributed by atoms with Gasteiger partial charge in [-0.15, -0.1) is 0 Å². The Morgan fingerprint density at radius 1 is 1.06 bits per heavy atom. The highest BCUT2D eigenvalue weighted by Crippen LogP contribution is 2.31. The minimum atomic E-state index is -0.475. The van der Waals surface area contributed by atoms with Gasteiger partial charge < -0.3 is 15.0 Å². The quantitative estimate of drug-likeness (QED) is 0.670. The van der Waals surface area contributed by atoms with Crippen LogP contribution in [0.15, 0.2) is 23.0 Å². The van der Waals surface area contributed by atoms with Gasteiger partial charge in [0, 0.05) is 52.6 Å². The number of imide groups is 1. The van der Waals surface area contributed by atoms with Crippen LogP contribution in [0.1, 0.15) is 31.7 Å². The molecule has 0 saturated carbocycles. The number of nitrogens with one attached hydrogen (secondary N) is 2. The maximum atomic E-state index is 13.0. The first-order chi connectivity index (χ1) is 15.0. The lowest BCUT2D eigenvalue weighted by Gasteiger charge is -2.37. The Bertz CT molecular complexity index is 1050. The van der Waals surface area contributed by atoms with E-state index in [-0.39, 0.29) is 36.4 Å². The lowest BCUT2D eigenvalue weighted by molar-refractivity contribution is -0.134. The van der Waals surface area contributed by atoms with Crippen LogP contribution >= 0.6 is 0 Å². The minimum absolute atomic E-state index is 0.113. The molecule has 3 aliphatic rings. The van der Waals surface area contributed by atoms with Crippen LogP contribution < -0.4 is 21.1 Å². The molecule has 4 heterocycles. The number of aryl methyl sites for hydroxylation is 1. The Hall–Kier alpha value is -2.65. The molecule has 5 rings (SSSR count). The Kier molecular flexibility index (Phi) is 5.31. The average molecular weight is 428 g/mol. The van der Waals surface area contributed by atoms with Crippen molar-refractivity contribution in [3.8, 4) is 5.75 Å². The molecule has 0 unspecified atom stereocenters. The van der Waals surface area contributed by atoms with E-state index >= 15 is 0 Å². The number of piperidine rings is 2. The number of aromatic nitrogens is 2. The van der Waals surface area contributed by atoms with Crippen LogP contribution in [-0.4, -0.2) is 64.7 Å². The Labute approximate surface area is 180 Å². The number of carbonyl (C=O) groups is 2. The molecule has 3 aliphatic heterocycles. The van der Waals surface area contributed by atoms with E-state index < -0.39 is 6.04 Å². The van der Waals surface area contributed by atoms with Crippen LogP contribution in [0, 0.1) is 5.92 Å². The number of carbonyl (C=O) groups excluding carboxylic acids is 2. The number of nitrogens with zero attached hydrogens (tertiary/aromatic N) is 3. The molecular formula is C22H29N5O4. The molecule has 0 atom stereocenters. The van der Waals surface area contributed by atoms with Gasteiger partial charge in [0.05, 0.1) is 11.6 Å². The van der Waals surface area contributed by atoms with Gasteiger partial charge in [-0.1, -0.05) is 6.07 Å². The third kappa shape index (κ3) is 3.87. The Morgan fingerprint density at radius 2 is 1.77 bits per heavy atom. The number of fused-ring (bicyclic) bond motifs is 1. The predicted molar refractivity (Wildman–Crippen MR) is 115 cm³/mol. The van der Waals surface area contributed by atoms with E-state index in [0.717, 1.165) is 51.5 Å². The standard InChI is InChI=1S/C22H29N5O4/c1-25-21-17(27(22(25)30)15-9-19(28)24-20(29)10-15)3-2-4-18(21)31-16-5-7-26(8-6-16)13-14-11-23-12-14/h2-4,14-16,23H,5-13H2,1H3,(H,24,28,29). The highest BCUT2D eigenvalue weighted by atomic mass is 16.5. The van der Waals surface area contributed by atoms with Crippen LogP contribution in [0.5, 0.6) is 5.75 Å². The van der Waals surface area contributed by atoms with Gasteiger partial charge in [0.1, 0.15) is 17.4 Å². The van der Waals surface area contributed by atoms with Crippen molar-refractivity contribution in [1.82, 2.24) is 24.7 Å². The first kappa shape index (κ1) is 20.3. The average Bonchev–Trinajstić information content (AvgIpc) is 2.96. The van der Waals surface area contributed by atoms with Crippen molar-refractivity contribution < 1.29 is 14.3 Å². The van der Waals surface area contributed by atoms with Crippen molar-refractivity contribution in [3.05, 3.63) is 28.7 Å². The van der Waals surface area contributed by atoms with Crippen LogP contribution in [-0.2, 0) is 16.6 Å². The summed E-state index contributed by atoms with van der Waals surface area (Å²) in [4.78, 5) is 39.3. The smallest absolute Gasteiger partial charge is 0.329 e. The molecule has 31 heavy (non-hydrogen) atoms. The van der Waals surface area contributed by atoms with Gasteiger partial charge in [0.15, 0.2) is 0 Å². The largest absolute Gasteiger partial charge is 0.488 e. The third-order valence-corrected chi connectivity index (χ3v) is 6.76. The highest BCUT2D eigenvalue weighted by molar-refractivity contribution is 5.98. The van der Waals surface area contributed by atoms with Gasteiger partial charge in [0.25, 0.3) is 0 Å². The summed E-state index contributed by atoms with van der Waals surface area (Å²) >= 11 is 0. The molecule has 1 aromatic carbocycles. The zero-order chi connectivity index (χ0) is 21.5. The lowest BCUT2D eigenvalue weighted by atomic mass is 10.0. The summed E-state index contributed by atoms with van der Waals surface area (Å²) in [5.74, 6) is 0.766. The van der Waals surface area contributed by atoms with Crippen molar-refractivity contribution in [2.45, 2.75) is 37.8 Å². The molecule has 0 radical (unpaired) electrons. The molecule has 2 aromatic rings. The monoisotopic (exact) mass is 427 g/mol. The van der Waals surface area contributed by atoms with Crippen molar-refractivity contribution in [3.63, 3.8) is 0 Å². The maximum absolute atomic E-state index is 13.0. The van der Waals surface area contributed by atoms with Crippen LogP contribution in [0.3, 0.4) is 0 Å². The number of para-hydroxylation sites is 1. The van der Waals surface area contributed by atoms with Gasteiger partial charge in [0.2, 0.25) is 11.8 Å². The molecule has 1 aromatic heterocycles. The van der Waals surface area contributed by atoms with Crippen LogP contribution in [0.4, 0.5) is 0 Å². The number of hydrogen-bond donors (Lipinski definition) is 2. The molecule has 0 spiro atoms. The zero-order valence-corrected chi connectivity index (χ0v) is 17.8. The normalized spacial score (nSPS) is 22.0. The summed E-state index contributed by atoms with van der Waals surface area (Å²) in [6, 6.07) is 5.15. The third-order valence-electron chi connectivity index (χ3n) is 6.76. The van der Waals surface area contributed by atoms with Gasteiger partial charge in [-0.2, -0.15) is 0 Å². The van der Waals surface area contributed by atoms with Crippen LogP contribution in [0.2, 0.25) is 0 Å². The van der Waals surface area contributed by atoms with Crippen molar-refractivity contribution in [2.75, 3.05) is 32.7 Å². The minimum Gasteiger partial charge on any atom is -0.488 e. The zero-order valence-electron chi connectivity index (χ0n) is 17.8. The Morgan fingerprint density at radius 3 is 2.42 bits per heavy atom. The molecule has 0 aliphatic carbocycles. The summed E-state index contributed by atoms with van der Waals surface area (Å²) in [5, 5.41) is 5.64. The molecule has 3 fully saturated rings. The molecule has 2 amide bonds. The fourth-order valence-electron chi connectivity index (χ4n) is 5.02. The fraction of sp³-hybridized carbons (Fsp3) is 0.591.